The molecule has 0 radical (unpaired) electrons. The number of ether oxygens (including phenoxy) is 2. The third-order valence-electron chi connectivity index (χ3n) is 6.68. The number of likely N-dealkylation sites (tertiary alicyclic amines) is 1. The van der Waals surface area contributed by atoms with Crippen LogP contribution < -0.4 is 0 Å². The van der Waals surface area contributed by atoms with Crippen LogP contribution >= 0.6 is 0 Å². The topological polar surface area (TPSA) is 76.1 Å². The van der Waals surface area contributed by atoms with Crippen LogP contribution in [0.1, 0.15) is 42.7 Å². The minimum absolute atomic E-state index is 0.0280. The lowest BCUT2D eigenvalue weighted by atomic mass is 9.90. The molecule has 0 aromatic heterocycles. The van der Waals surface area contributed by atoms with Gasteiger partial charge < -0.3 is 19.5 Å². The number of carboxylic acid groups (broad SMARTS) is 1. The molecule has 2 saturated heterocycles. The highest BCUT2D eigenvalue weighted by Crippen LogP contribution is 2.44. The molecule has 1 aliphatic carbocycles. The fourth-order valence-corrected chi connectivity index (χ4v) is 5.19. The highest BCUT2D eigenvalue weighted by atomic mass is 16.6. The average molecular weight is 407 g/mol. The SMILES string of the molecule is O=C(O)[C@@H]1CCC[C@]2(CCN(C(=O)OCC3c4ccccc4-c4ccccc43)C2)O1. The molecule has 156 valence electrons. The van der Waals surface area contributed by atoms with Gasteiger partial charge in [0.25, 0.3) is 0 Å². The third-order valence-corrected chi connectivity index (χ3v) is 6.68. The summed E-state index contributed by atoms with van der Waals surface area (Å²) in [5, 5.41) is 9.29. The first-order chi connectivity index (χ1) is 14.6. The summed E-state index contributed by atoms with van der Waals surface area (Å²) >= 11 is 0. The van der Waals surface area contributed by atoms with Gasteiger partial charge in [0.1, 0.15) is 6.61 Å². The van der Waals surface area contributed by atoms with Crippen molar-refractivity contribution >= 4 is 12.1 Å². The monoisotopic (exact) mass is 407 g/mol. The molecule has 6 nitrogen and oxygen atoms in total. The number of aliphatic carboxylic acids is 1. The second-order valence-electron chi connectivity index (χ2n) is 8.50. The van der Waals surface area contributed by atoms with E-state index in [1.54, 1.807) is 4.90 Å². The van der Waals surface area contributed by atoms with Crippen molar-refractivity contribution in [2.24, 2.45) is 0 Å². The lowest BCUT2D eigenvalue weighted by Gasteiger charge is -2.36. The quantitative estimate of drug-likeness (QED) is 0.831. The molecule has 1 amide bonds. The molecule has 5 rings (SSSR count). The Hall–Kier alpha value is -2.86. The van der Waals surface area contributed by atoms with Crippen LogP contribution in [-0.2, 0) is 14.3 Å². The fourth-order valence-electron chi connectivity index (χ4n) is 5.19. The Morgan fingerprint density at radius 3 is 2.40 bits per heavy atom. The largest absolute Gasteiger partial charge is 0.479 e. The zero-order valence-corrected chi connectivity index (χ0v) is 16.8. The van der Waals surface area contributed by atoms with Crippen molar-refractivity contribution in [3.05, 3.63) is 59.7 Å². The van der Waals surface area contributed by atoms with E-state index in [-0.39, 0.29) is 18.6 Å². The molecule has 2 fully saturated rings. The number of carbonyl (C=O) groups is 2. The van der Waals surface area contributed by atoms with Gasteiger partial charge in [-0.1, -0.05) is 48.5 Å². The maximum atomic E-state index is 12.8. The minimum Gasteiger partial charge on any atom is -0.479 e. The van der Waals surface area contributed by atoms with Crippen molar-refractivity contribution in [3.63, 3.8) is 0 Å². The van der Waals surface area contributed by atoms with E-state index in [0.717, 1.165) is 12.8 Å². The van der Waals surface area contributed by atoms with Crippen LogP contribution in [0.5, 0.6) is 0 Å². The van der Waals surface area contributed by atoms with Crippen molar-refractivity contribution in [2.45, 2.75) is 43.3 Å². The molecule has 2 aromatic carbocycles. The van der Waals surface area contributed by atoms with Gasteiger partial charge in [0.15, 0.2) is 6.10 Å². The van der Waals surface area contributed by atoms with Crippen molar-refractivity contribution in [2.75, 3.05) is 19.7 Å². The van der Waals surface area contributed by atoms with E-state index in [1.807, 2.05) is 24.3 Å². The molecule has 2 aromatic rings. The number of amides is 1. The van der Waals surface area contributed by atoms with Crippen molar-refractivity contribution in [1.29, 1.82) is 0 Å². The van der Waals surface area contributed by atoms with E-state index in [2.05, 4.69) is 24.3 Å². The van der Waals surface area contributed by atoms with Gasteiger partial charge in [-0.3, -0.25) is 0 Å². The van der Waals surface area contributed by atoms with Crippen molar-refractivity contribution in [1.82, 2.24) is 4.90 Å². The highest BCUT2D eigenvalue weighted by Gasteiger charge is 2.46. The molecule has 0 unspecified atom stereocenters. The van der Waals surface area contributed by atoms with Crippen LogP contribution in [0.2, 0.25) is 0 Å². The smallest absolute Gasteiger partial charge is 0.409 e. The zero-order valence-electron chi connectivity index (χ0n) is 16.8. The van der Waals surface area contributed by atoms with Gasteiger partial charge >= 0.3 is 12.1 Å². The summed E-state index contributed by atoms with van der Waals surface area (Å²) < 4.78 is 11.6. The van der Waals surface area contributed by atoms with Crippen LogP contribution in [0.3, 0.4) is 0 Å². The lowest BCUT2D eigenvalue weighted by Crippen LogP contribution is -2.46. The number of benzene rings is 2. The normalized spacial score (nSPS) is 25.2. The Morgan fingerprint density at radius 2 is 1.73 bits per heavy atom. The van der Waals surface area contributed by atoms with Crippen molar-refractivity contribution < 1.29 is 24.2 Å². The number of nitrogens with zero attached hydrogens (tertiary/aromatic N) is 1. The van der Waals surface area contributed by atoms with Gasteiger partial charge in [0.2, 0.25) is 0 Å². The predicted molar refractivity (Wildman–Crippen MR) is 110 cm³/mol. The second-order valence-corrected chi connectivity index (χ2v) is 8.50. The number of fused-ring (bicyclic) bond motifs is 3. The number of carbonyl (C=O) groups excluding carboxylic acids is 1. The summed E-state index contributed by atoms with van der Waals surface area (Å²) in [6, 6.07) is 16.5. The summed E-state index contributed by atoms with van der Waals surface area (Å²) in [6.07, 6.45) is 1.64. The molecule has 1 N–H and O–H groups in total. The van der Waals surface area contributed by atoms with E-state index < -0.39 is 17.7 Å². The molecule has 1 spiro atoms. The Balaban J connectivity index is 1.26. The molecule has 6 heteroatoms. The van der Waals surface area contributed by atoms with E-state index in [9.17, 15) is 14.7 Å². The van der Waals surface area contributed by atoms with Gasteiger partial charge in [0.05, 0.1) is 12.1 Å². The van der Waals surface area contributed by atoms with Gasteiger partial charge in [-0.25, -0.2) is 9.59 Å². The Kier molecular flexibility index (Phi) is 4.74. The van der Waals surface area contributed by atoms with E-state index in [4.69, 9.17) is 9.47 Å². The molecular formula is C24H25NO5. The van der Waals surface area contributed by atoms with Gasteiger partial charge in [-0.15, -0.1) is 0 Å². The Labute approximate surface area is 175 Å². The fraction of sp³-hybridized carbons (Fsp3) is 0.417. The molecule has 30 heavy (non-hydrogen) atoms. The first-order valence-electron chi connectivity index (χ1n) is 10.6. The first-order valence-corrected chi connectivity index (χ1v) is 10.6. The summed E-state index contributed by atoms with van der Waals surface area (Å²) in [5.74, 6) is -0.895. The highest BCUT2D eigenvalue weighted by molar-refractivity contribution is 5.79. The Morgan fingerprint density at radius 1 is 1.07 bits per heavy atom. The Bertz CT molecular complexity index is 944. The third kappa shape index (κ3) is 3.25. The van der Waals surface area contributed by atoms with Gasteiger partial charge in [-0.05, 0) is 47.9 Å². The summed E-state index contributed by atoms with van der Waals surface area (Å²) in [5.41, 5.74) is 4.22. The molecule has 2 aliphatic heterocycles. The minimum atomic E-state index is -0.923. The standard InChI is InChI=1S/C24H25NO5/c26-22(27)21-10-5-11-24(30-21)12-13-25(15-24)23(28)29-14-20-18-8-3-1-6-16(18)17-7-2-4-9-19(17)20/h1-4,6-9,20-21H,5,10-15H2,(H,26,27)/t21-,24+/m0/s1. The van der Waals surface area contributed by atoms with Crippen LogP contribution in [0.25, 0.3) is 11.1 Å². The van der Waals surface area contributed by atoms with Crippen LogP contribution in [0.15, 0.2) is 48.5 Å². The molecule has 0 saturated carbocycles. The predicted octanol–water partition coefficient (Wildman–Crippen LogP) is 4.03. The molecule has 2 heterocycles. The summed E-state index contributed by atoms with van der Waals surface area (Å²) in [4.78, 5) is 25.8. The van der Waals surface area contributed by atoms with Crippen LogP contribution in [0, 0.1) is 0 Å². The van der Waals surface area contributed by atoms with Gasteiger partial charge in [-0.2, -0.15) is 0 Å². The van der Waals surface area contributed by atoms with E-state index in [0.29, 0.717) is 25.9 Å². The number of hydrogen-bond donors (Lipinski definition) is 1. The zero-order chi connectivity index (χ0) is 20.7. The van der Waals surface area contributed by atoms with E-state index in [1.165, 1.54) is 22.3 Å². The second kappa shape index (κ2) is 7.43. The maximum absolute atomic E-state index is 12.8. The molecule has 2 atom stereocenters. The molecule has 0 bridgehead atoms. The van der Waals surface area contributed by atoms with Crippen LogP contribution in [-0.4, -0.2) is 53.5 Å². The maximum Gasteiger partial charge on any atom is 0.409 e. The first kappa shape index (κ1) is 19.1. The van der Waals surface area contributed by atoms with Crippen LogP contribution in [0.4, 0.5) is 4.79 Å². The molecule has 3 aliphatic rings. The van der Waals surface area contributed by atoms with E-state index >= 15 is 0 Å². The lowest BCUT2D eigenvalue weighted by molar-refractivity contribution is -0.172. The average Bonchev–Trinajstić information content (AvgIpc) is 3.31. The molecular weight excluding hydrogens is 382 g/mol. The summed E-state index contributed by atoms with van der Waals surface area (Å²) in [6.45, 7) is 1.21. The summed E-state index contributed by atoms with van der Waals surface area (Å²) in [7, 11) is 0. The number of hydrogen-bond acceptors (Lipinski definition) is 4. The number of rotatable bonds is 3. The van der Waals surface area contributed by atoms with Crippen molar-refractivity contribution in [3.8, 4) is 11.1 Å². The van der Waals surface area contributed by atoms with Gasteiger partial charge in [0, 0.05) is 12.5 Å². The number of carboxylic acids is 1.